The van der Waals surface area contributed by atoms with E-state index in [9.17, 15) is 4.21 Å². The first-order valence-electron chi connectivity index (χ1n) is 1.61. The van der Waals surface area contributed by atoms with Crippen molar-refractivity contribution < 1.29 is 4.21 Å². The quantitative estimate of drug-likeness (QED) is 0.353. The van der Waals surface area contributed by atoms with E-state index in [0.29, 0.717) is 5.75 Å². The Hall–Kier alpha value is 0.945. The van der Waals surface area contributed by atoms with Crippen molar-refractivity contribution in [1.82, 2.24) is 0 Å². The van der Waals surface area contributed by atoms with Gasteiger partial charge in [-0.05, 0) is 0 Å². The molecule has 0 bridgehead atoms. The fourth-order valence-electron chi connectivity index (χ4n) is 0. The van der Waals surface area contributed by atoms with Crippen LogP contribution >= 0.6 is 21.2 Å². The van der Waals surface area contributed by atoms with E-state index in [-0.39, 0.29) is 0 Å². The van der Waals surface area contributed by atoms with Gasteiger partial charge in [0.1, 0.15) is 0 Å². The summed E-state index contributed by atoms with van der Waals surface area (Å²) in [4.78, 5) is 0. The second kappa shape index (κ2) is 2.30. The summed E-state index contributed by atoms with van der Waals surface area (Å²) in [6.45, 7) is 3.57. The Morgan fingerprint density at radius 3 is 2.17 bits per heavy atom. The molecule has 0 heterocycles. The summed E-state index contributed by atoms with van der Waals surface area (Å²) in [6.07, 6.45) is 0. The summed E-state index contributed by atoms with van der Waals surface area (Å²) in [5, 5.41) is 0. The topological polar surface area (TPSA) is 17.1 Å². The molecule has 0 saturated carbocycles. The predicted molar refractivity (Wildman–Crippen MR) is 39.9 cm³/mol. The van der Waals surface area contributed by atoms with E-state index in [1.807, 2.05) is 28.1 Å². The van der Waals surface area contributed by atoms with E-state index in [0.717, 1.165) is 0 Å². The molecule has 1 nitrogen and oxygen atoms in total. The van der Waals surface area contributed by atoms with Crippen LogP contribution in [0.3, 0.4) is 0 Å². The molecule has 0 rings (SSSR count). The van der Waals surface area contributed by atoms with Crippen LogP contribution in [0.15, 0.2) is 0 Å². The third-order valence-corrected chi connectivity index (χ3v) is 3.16. The van der Waals surface area contributed by atoms with Crippen LogP contribution in [0.1, 0.15) is 6.92 Å². The van der Waals surface area contributed by atoms with Crippen molar-refractivity contribution >= 4 is 34.5 Å². The van der Waals surface area contributed by atoms with Crippen molar-refractivity contribution in [2.75, 3.05) is 5.75 Å². The van der Waals surface area contributed by atoms with Crippen molar-refractivity contribution in [3.63, 3.8) is 0 Å². The van der Waals surface area contributed by atoms with E-state index in [1.54, 1.807) is 0 Å². The maximum atomic E-state index is 10.4. The molecule has 0 N–H and O–H groups in total. The SMILES string of the molecule is B=S(=O)(I)CC. The molecular weight excluding hydrogens is 210 g/mol. The van der Waals surface area contributed by atoms with Crippen LogP contribution < -0.4 is 0 Å². The molecule has 0 aliphatic rings. The van der Waals surface area contributed by atoms with Crippen LogP contribution in [0.2, 0.25) is 0 Å². The minimum atomic E-state index is -1.69. The first kappa shape index (κ1) is 6.94. The summed E-state index contributed by atoms with van der Waals surface area (Å²) in [5.74, 6) is 0.674. The molecule has 36 valence electrons. The Bertz CT molecular complexity index is 116. The summed E-state index contributed by atoms with van der Waals surface area (Å²) in [5.41, 5.74) is 0. The fraction of sp³-hybridized carbons (Fsp3) is 1.00. The van der Waals surface area contributed by atoms with Gasteiger partial charge in [0.25, 0.3) is 0 Å². The van der Waals surface area contributed by atoms with E-state index in [1.165, 1.54) is 0 Å². The molecule has 0 aromatic carbocycles. The van der Waals surface area contributed by atoms with Crippen molar-refractivity contribution in [1.29, 1.82) is 0 Å². The second-order valence-electron chi connectivity index (χ2n) is 1.01. The van der Waals surface area contributed by atoms with Crippen molar-refractivity contribution in [3.8, 4) is 0 Å². The van der Waals surface area contributed by atoms with E-state index in [4.69, 9.17) is 0 Å². The average Bonchev–Trinajstić information content (AvgIpc) is 1.35. The van der Waals surface area contributed by atoms with Crippen LogP contribution in [-0.4, -0.2) is 16.7 Å². The van der Waals surface area contributed by atoms with Crippen LogP contribution in [0.5, 0.6) is 0 Å². The first-order valence-corrected chi connectivity index (χ1v) is 6.04. The minimum absolute atomic E-state index is 0.674. The Morgan fingerprint density at radius 1 is 2.00 bits per heavy atom. The van der Waals surface area contributed by atoms with Crippen molar-refractivity contribution in [3.05, 3.63) is 0 Å². The third kappa shape index (κ3) is 4.94. The molecule has 1 unspecified atom stereocenters. The van der Waals surface area contributed by atoms with E-state index in [2.05, 4.69) is 6.72 Å². The molecular formula is C2H6BIOS. The normalized spacial score (nSPS) is 19.5. The standard InChI is InChI=1S/C2H6BIOS/c1-2-6(3,4)5/h3H,2H2,1H3. The van der Waals surface area contributed by atoms with Gasteiger partial charge in [-0.3, -0.25) is 0 Å². The Morgan fingerprint density at radius 2 is 2.17 bits per heavy atom. The zero-order chi connectivity index (χ0) is 5.21. The number of hydrogen-bond donors (Lipinski definition) is 0. The van der Waals surface area contributed by atoms with Gasteiger partial charge < -0.3 is 0 Å². The van der Waals surface area contributed by atoms with Gasteiger partial charge in [0, 0.05) is 0 Å². The van der Waals surface area contributed by atoms with Crippen LogP contribution in [0.4, 0.5) is 0 Å². The van der Waals surface area contributed by atoms with Gasteiger partial charge in [0.05, 0.1) is 0 Å². The Kier molecular flexibility index (Phi) is 2.67. The summed E-state index contributed by atoms with van der Waals surface area (Å²) in [6, 6.07) is 0. The van der Waals surface area contributed by atoms with Crippen LogP contribution in [-0.2, 0) is 6.53 Å². The molecule has 0 spiro atoms. The maximum absolute atomic E-state index is 10.4. The molecule has 0 aliphatic heterocycles. The van der Waals surface area contributed by atoms with Crippen LogP contribution in [0.25, 0.3) is 0 Å². The van der Waals surface area contributed by atoms with Crippen molar-refractivity contribution in [2.45, 2.75) is 6.92 Å². The van der Waals surface area contributed by atoms with Gasteiger partial charge in [0.15, 0.2) is 0 Å². The summed E-state index contributed by atoms with van der Waals surface area (Å²) >= 11 is 1.86. The zero-order valence-corrected chi connectivity index (χ0v) is 6.58. The second-order valence-corrected chi connectivity index (χ2v) is 7.84. The average molecular weight is 216 g/mol. The van der Waals surface area contributed by atoms with Gasteiger partial charge in [-0.15, -0.1) is 0 Å². The monoisotopic (exact) mass is 216 g/mol. The Labute approximate surface area is 51.4 Å². The fourth-order valence-corrected chi connectivity index (χ4v) is 0. The number of hydrogen-bond acceptors (Lipinski definition) is 1. The molecule has 0 aromatic heterocycles. The Balaban J connectivity index is 3.85. The summed E-state index contributed by atoms with van der Waals surface area (Å²) in [7, 11) is 0. The zero-order valence-electron chi connectivity index (χ0n) is 3.61. The third-order valence-electron chi connectivity index (χ3n) is 0.431. The predicted octanol–water partition coefficient (Wildman–Crippen LogP) is 0.457. The molecule has 0 amide bonds. The van der Waals surface area contributed by atoms with Gasteiger partial charge in [-0.2, -0.15) is 0 Å². The number of rotatable bonds is 1. The van der Waals surface area contributed by atoms with Crippen LogP contribution in [0, 0.1) is 0 Å². The van der Waals surface area contributed by atoms with Gasteiger partial charge in [-0.25, -0.2) is 0 Å². The van der Waals surface area contributed by atoms with Gasteiger partial charge >= 0.3 is 51.3 Å². The molecule has 0 aliphatic carbocycles. The molecule has 6 heavy (non-hydrogen) atoms. The first-order chi connectivity index (χ1) is 2.56. The van der Waals surface area contributed by atoms with E-state index < -0.39 is 6.53 Å². The molecule has 0 aromatic rings. The molecule has 0 radical (unpaired) electrons. The number of halogens is 1. The van der Waals surface area contributed by atoms with Crippen molar-refractivity contribution in [2.24, 2.45) is 0 Å². The van der Waals surface area contributed by atoms with Gasteiger partial charge in [0.2, 0.25) is 0 Å². The molecule has 0 fully saturated rings. The van der Waals surface area contributed by atoms with E-state index >= 15 is 0 Å². The molecule has 1 atom stereocenters. The summed E-state index contributed by atoms with van der Waals surface area (Å²) < 4.78 is 10.4. The van der Waals surface area contributed by atoms with Gasteiger partial charge in [-0.1, -0.05) is 0 Å². The molecule has 4 heteroatoms. The molecule has 0 saturated heterocycles.